The number of hydrogen-bond donors (Lipinski definition) is 1. The SMILES string of the molecule is CC1[C@@H](OCN(Cc2ccccc2)C(=O)OCc2ccccc2)OC(COCc2ccccc2)[C@@H](O)[C@@H]1P[B]B=O. The van der Waals surface area contributed by atoms with Crippen molar-refractivity contribution in [1.82, 2.24) is 4.90 Å². The number of nitrogens with zero attached hydrogens (tertiary/aromatic N) is 1. The summed E-state index contributed by atoms with van der Waals surface area (Å²) in [6.07, 6.45) is -2.75. The van der Waals surface area contributed by atoms with Crippen LogP contribution in [0.1, 0.15) is 23.6 Å². The fraction of sp³-hybridized carbons (Fsp3) is 0.367. The monoisotopic (exact) mass is 574 g/mol. The van der Waals surface area contributed by atoms with Gasteiger partial charge >= 0.3 is 208 Å². The Morgan fingerprint density at radius 3 is 2.12 bits per heavy atom. The third kappa shape index (κ3) is 9.59. The number of aliphatic hydroxyl groups is 1. The van der Waals surface area contributed by atoms with Crippen LogP contribution in [0.5, 0.6) is 0 Å². The van der Waals surface area contributed by atoms with E-state index >= 15 is 0 Å². The molecule has 0 saturated carbocycles. The average molecular weight is 574 g/mol. The summed E-state index contributed by atoms with van der Waals surface area (Å²) in [5.74, 6) is -0.246. The van der Waals surface area contributed by atoms with Crippen LogP contribution in [0, 0.1) is 5.92 Å². The molecule has 1 heterocycles. The number of hydrogen-bond acceptors (Lipinski definition) is 7. The summed E-state index contributed by atoms with van der Waals surface area (Å²) in [6, 6.07) is 28.8. The summed E-state index contributed by atoms with van der Waals surface area (Å²) in [5, 5.41) is 11.1. The van der Waals surface area contributed by atoms with Crippen LogP contribution >= 0.6 is 8.46 Å². The van der Waals surface area contributed by atoms with Gasteiger partial charge in [-0.1, -0.05) is 36.4 Å². The molecule has 1 N–H and O–H groups in total. The van der Waals surface area contributed by atoms with E-state index in [2.05, 4.69) is 0 Å². The molecule has 11 heteroatoms. The van der Waals surface area contributed by atoms with Crippen molar-refractivity contribution in [2.24, 2.45) is 5.92 Å². The zero-order chi connectivity index (χ0) is 28.9. The zero-order valence-electron chi connectivity index (χ0n) is 23.1. The van der Waals surface area contributed by atoms with E-state index in [1.807, 2.05) is 97.9 Å². The van der Waals surface area contributed by atoms with E-state index in [4.69, 9.17) is 18.9 Å². The second kappa shape index (κ2) is 16.5. The minimum absolute atomic E-state index is 0.0841. The Hall–Kier alpha value is -2.87. The van der Waals surface area contributed by atoms with Gasteiger partial charge in [-0.15, -0.1) is 0 Å². The van der Waals surface area contributed by atoms with Crippen molar-refractivity contribution < 1.29 is 33.6 Å². The van der Waals surface area contributed by atoms with Crippen molar-refractivity contribution in [1.29, 1.82) is 0 Å². The molecule has 0 spiro atoms. The van der Waals surface area contributed by atoms with Gasteiger partial charge in [0, 0.05) is 0 Å². The second-order valence-corrected chi connectivity index (χ2v) is 11.2. The molecule has 41 heavy (non-hydrogen) atoms. The van der Waals surface area contributed by atoms with E-state index in [-0.39, 0.29) is 46.5 Å². The third-order valence-electron chi connectivity index (χ3n) is 6.88. The molecule has 1 saturated heterocycles. The number of rotatable bonds is 14. The first kappa shape index (κ1) is 31.1. The van der Waals surface area contributed by atoms with Crippen LogP contribution in [0.15, 0.2) is 91.0 Å². The predicted octanol–water partition coefficient (Wildman–Crippen LogP) is 4.37. The van der Waals surface area contributed by atoms with Crippen LogP contribution in [-0.4, -0.2) is 67.5 Å². The average Bonchev–Trinajstić information content (AvgIpc) is 3.01. The Bertz CT molecular complexity index is 1200. The van der Waals surface area contributed by atoms with Crippen LogP contribution < -0.4 is 0 Å². The Labute approximate surface area is 244 Å². The van der Waals surface area contributed by atoms with Crippen molar-refractivity contribution in [3.05, 3.63) is 108 Å². The van der Waals surface area contributed by atoms with Gasteiger partial charge in [0.2, 0.25) is 0 Å². The van der Waals surface area contributed by atoms with Crippen LogP contribution in [0.25, 0.3) is 0 Å². The first-order chi connectivity index (χ1) is 20.0. The van der Waals surface area contributed by atoms with Gasteiger partial charge in [-0.05, 0) is 0 Å². The molecule has 4 rings (SSSR count). The normalized spacial score (nSPS) is 22.2. The van der Waals surface area contributed by atoms with Crippen LogP contribution in [0.4, 0.5) is 4.79 Å². The van der Waals surface area contributed by atoms with Gasteiger partial charge in [0.1, 0.15) is 0 Å². The summed E-state index contributed by atoms with van der Waals surface area (Å²) in [7, 11) is 0.829. The predicted molar refractivity (Wildman–Crippen MR) is 159 cm³/mol. The molecule has 213 valence electrons. The quantitative estimate of drug-likeness (QED) is 0.174. The Morgan fingerprint density at radius 1 is 0.927 bits per heavy atom. The van der Waals surface area contributed by atoms with Crippen molar-refractivity contribution in [3.8, 4) is 0 Å². The number of amides is 1. The van der Waals surface area contributed by atoms with Gasteiger partial charge in [-0.2, -0.15) is 0 Å². The molecule has 0 aromatic heterocycles. The van der Waals surface area contributed by atoms with E-state index in [0.717, 1.165) is 23.7 Å². The standard InChI is InChI=1S/C30H35B2NO7P/c1-22-28(41-32-31-36)27(34)26(20-37-18-24-13-7-3-8-14-24)40-29(22)39-21-33(17-23-11-5-2-6-12-23)30(35)38-19-25-15-9-4-10-16-25/h2-16,22,26-29,34,41H,17-21H2,1H3/t22?,26?,27-,28-,29+/m1/s1. The minimum atomic E-state index is -0.841. The van der Waals surface area contributed by atoms with Gasteiger partial charge in [0.15, 0.2) is 0 Å². The molecule has 1 amide bonds. The summed E-state index contributed by atoms with van der Waals surface area (Å²) in [4.78, 5) is 14.6. The maximum absolute atomic E-state index is 13.2. The molecular weight excluding hydrogens is 539 g/mol. The van der Waals surface area contributed by atoms with Gasteiger partial charge < -0.3 is 0 Å². The molecule has 3 unspecified atom stereocenters. The number of carbonyl (C=O) groups is 1. The molecule has 3 aromatic carbocycles. The number of benzene rings is 3. The van der Waals surface area contributed by atoms with Crippen LogP contribution in [0.2, 0.25) is 0 Å². The van der Waals surface area contributed by atoms with E-state index in [1.165, 1.54) is 11.8 Å². The molecule has 1 aliphatic rings. The summed E-state index contributed by atoms with van der Waals surface area (Å²) in [6.45, 7) is 4.30. The Morgan fingerprint density at radius 2 is 1.51 bits per heavy atom. The Balaban J connectivity index is 1.42. The van der Waals surface area contributed by atoms with E-state index in [1.54, 1.807) is 0 Å². The molecule has 1 fully saturated rings. The maximum atomic E-state index is 13.2. The summed E-state index contributed by atoms with van der Waals surface area (Å²) >= 11 is 0. The fourth-order valence-corrected chi connectivity index (χ4v) is 5.80. The van der Waals surface area contributed by atoms with Crippen molar-refractivity contribution in [3.63, 3.8) is 0 Å². The van der Waals surface area contributed by atoms with E-state index < -0.39 is 24.6 Å². The molecule has 8 nitrogen and oxygen atoms in total. The molecule has 1 radical (unpaired) electrons. The molecule has 1 aliphatic heterocycles. The van der Waals surface area contributed by atoms with E-state index in [9.17, 15) is 14.6 Å². The molecule has 0 bridgehead atoms. The first-order valence-corrected chi connectivity index (χ1v) is 14.8. The fourth-order valence-electron chi connectivity index (χ4n) is 4.63. The number of ether oxygens (including phenoxy) is 4. The van der Waals surface area contributed by atoms with Gasteiger partial charge in [0.25, 0.3) is 0 Å². The number of aliphatic hydroxyl groups excluding tert-OH is 1. The molecule has 6 atom stereocenters. The topological polar surface area (TPSA) is 94.5 Å². The number of carbonyl (C=O) groups excluding carboxylic acids is 1. The summed E-state index contributed by atoms with van der Waals surface area (Å²) in [5.41, 5.74) is 2.55. The Kier molecular flexibility index (Phi) is 12.5. The van der Waals surface area contributed by atoms with Crippen molar-refractivity contribution in [2.75, 3.05) is 13.3 Å². The van der Waals surface area contributed by atoms with Gasteiger partial charge in [0.05, 0.1) is 0 Å². The zero-order valence-corrected chi connectivity index (χ0v) is 24.1. The van der Waals surface area contributed by atoms with Crippen molar-refractivity contribution in [2.45, 2.75) is 50.8 Å². The molecule has 3 aromatic rings. The van der Waals surface area contributed by atoms with E-state index in [0.29, 0.717) is 6.61 Å². The van der Waals surface area contributed by atoms with Gasteiger partial charge in [-0.25, -0.2) is 0 Å². The molecule has 0 aliphatic carbocycles. The third-order valence-corrected chi connectivity index (χ3v) is 8.46. The van der Waals surface area contributed by atoms with Crippen LogP contribution in [0.3, 0.4) is 0 Å². The van der Waals surface area contributed by atoms with Gasteiger partial charge in [-0.3, -0.25) is 0 Å². The molecular formula is C30H35B2NO7P. The summed E-state index contributed by atoms with van der Waals surface area (Å²) < 4.78 is 35.0. The van der Waals surface area contributed by atoms with Crippen molar-refractivity contribution >= 4 is 28.5 Å². The second-order valence-electron chi connectivity index (χ2n) is 9.91. The van der Waals surface area contributed by atoms with Crippen LogP contribution in [-0.2, 0) is 43.4 Å². The first-order valence-electron chi connectivity index (χ1n) is 13.6.